The van der Waals surface area contributed by atoms with Crippen LogP contribution in [-0.2, 0) is 26.0 Å². The second kappa shape index (κ2) is 11.6. The molecule has 0 bridgehead atoms. The third kappa shape index (κ3) is 7.55. The summed E-state index contributed by atoms with van der Waals surface area (Å²) in [5, 5.41) is 5.98. The van der Waals surface area contributed by atoms with Crippen LogP contribution in [0.1, 0.15) is 38.2 Å². The van der Waals surface area contributed by atoms with E-state index in [-0.39, 0.29) is 35.1 Å². The smallest absolute Gasteiger partial charge is 0.243 e. The fraction of sp³-hybridized carbons (Fsp3) is 0.417. The molecule has 0 aliphatic heterocycles. The minimum Gasteiger partial charge on any atom is -0.347 e. The highest BCUT2D eigenvalue weighted by Crippen LogP contribution is 2.29. The van der Waals surface area contributed by atoms with Gasteiger partial charge in [0.15, 0.2) is 0 Å². The molecule has 2 aromatic rings. The number of rotatable bonds is 9. The summed E-state index contributed by atoms with van der Waals surface area (Å²) in [6, 6.07) is 13.7. The van der Waals surface area contributed by atoms with E-state index < -0.39 is 10.0 Å². The Kier molecular flexibility index (Phi) is 8.88. The van der Waals surface area contributed by atoms with Crippen molar-refractivity contribution in [3.05, 3.63) is 59.1 Å². The van der Waals surface area contributed by atoms with Gasteiger partial charge in [-0.1, -0.05) is 30.7 Å². The van der Waals surface area contributed by atoms with Crippen molar-refractivity contribution < 1.29 is 18.0 Å². The second-order valence-corrected chi connectivity index (χ2v) is 10.5. The van der Waals surface area contributed by atoms with E-state index in [1.165, 1.54) is 17.7 Å². The van der Waals surface area contributed by atoms with E-state index in [0.717, 1.165) is 19.3 Å². The Morgan fingerprint density at radius 1 is 0.970 bits per heavy atom. The predicted octanol–water partition coefficient (Wildman–Crippen LogP) is 3.74. The third-order valence-corrected chi connectivity index (χ3v) is 7.66. The summed E-state index contributed by atoms with van der Waals surface area (Å²) in [6.45, 7) is 2.32. The number of hydrogen-bond donors (Lipinski definition) is 3. The van der Waals surface area contributed by atoms with Crippen LogP contribution in [0.2, 0.25) is 5.02 Å². The van der Waals surface area contributed by atoms with Crippen LogP contribution in [-0.4, -0.2) is 33.3 Å². The van der Waals surface area contributed by atoms with Crippen molar-refractivity contribution in [1.29, 1.82) is 0 Å². The Balaban J connectivity index is 1.37. The number of aryl methyl sites for hydroxylation is 1. The van der Waals surface area contributed by atoms with Gasteiger partial charge in [-0.15, -0.1) is 0 Å². The third-order valence-electron chi connectivity index (χ3n) is 5.97. The Labute approximate surface area is 200 Å². The number of nitrogens with one attached hydrogen (secondary N) is 3. The van der Waals surface area contributed by atoms with E-state index >= 15 is 0 Å². The van der Waals surface area contributed by atoms with E-state index in [1.54, 1.807) is 12.1 Å². The average Bonchev–Trinajstić information content (AvgIpc) is 2.82. The second-order valence-electron chi connectivity index (χ2n) is 8.34. The van der Waals surface area contributed by atoms with E-state index in [0.29, 0.717) is 30.1 Å². The van der Waals surface area contributed by atoms with Crippen LogP contribution >= 0.6 is 11.6 Å². The number of halogens is 1. The molecule has 1 aliphatic carbocycles. The molecule has 0 unspecified atom stereocenters. The van der Waals surface area contributed by atoms with Crippen LogP contribution in [0.15, 0.2) is 53.4 Å². The molecule has 0 heterocycles. The summed E-state index contributed by atoms with van der Waals surface area (Å²) in [5.74, 6) is -0.388. The molecule has 3 rings (SSSR count). The lowest BCUT2D eigenvalue weighted by atomic mass is 9.81. The fourth-order valence-corrected chi connectivity index (χ4v) is 5.14. The number of anilines is 1. The number of amides is 2. The molecule has 0 saturated heterocycles. The van der Waals surface area contributed by atoms with Crippen molar-refractivity contribution >= 4 is 39.1 Å². The Morgan fingerprint density at radius 2 is 1.61 bits per heavy atom. The molecule has 0 atom stereocenters. The van der Waals surface area contributed by atoms with Crippen LogP contribution in [0, 0.1) is 11.8 Å². The largest absolute Gasteiger partial charge is 0.347 e. The fourth-order valence-electron chi connectivity index (χ4n) is 3.89. The van der Waals surface area contributed by atoms with E-state index in [1.807, 2.05) is 24.3 Å². The van der Waals surface area contributed by atoms with Gasteiger partial charge in [0.25, 0.3) is 0 Å². The van der Waals surface area contributed by atoms with Gasteiger partial charge in [0.05, 0.1) is 11.4 Å². The molecular weight excluding hydrogens is 462 g/mol. The lowest BCUT2D eigenvalue weighted by Gasteiger charge is -2.27. The van der Waals surface area contributed by atoms with Gasteiger partial charge < -0.3 is 10.6 Å². The highest BCUT2D eigenvalue weighted by Gasteiger charge is 2.27. The quantitative estimate of drug-likeness (QED) is 0.497. The first-order valence-corrected chi connectivity index (χ1v) is 13.0. The van der Waals surface area contributed by atoms with Gasteiger partial charge in [0.2, 0.25) is 21.8 Å². The van der Waals surface area contributed by atoms with E-state index in [9.17, 15) is 18.0 Å². The van der Waals surface area contributed by atoms with Crippen LogP contribution < -0.4 is 15.4 Å². The molecule has 178 valence electrons. The van der Waals surface area contributed by atoms with Gasteiger partial charge in [-0.2, -0.15) is 0 Å². The molecule has 2 amide bonds. The van der Waals surface area contributed by atoms with E-state index in [4.69, 9.17) is 11.6 Å². The molecular formula is C24H30ClN3O4S. The van der Waals surface area contributed by atoms with Gasteiger partial charge in [-0.3, -0.25) is 9.59 Å². The topological polar surface area (TPSA) is 104 Å². The molecule has 1 fully saturated rings. The molecule has 9 heteroatoms. The molecule has 0 radical (unpaired) electrons. The summed E-state index contributed by atoms with van der Waals surface area (Å²) in [4.78, 5) is 24.8. The van der Waals surface area contributed by atoms with Crippen molar-refractivity contribution in [1.82, 2.24) is 10.0 Å². The van der Waals surface area contributed by atoms with Gasteiger partial charge in [0, 0.05) is 23.2 Å². The zero-order chi connectivity index (χ0) is 23.8. The Hall–Kier alpha value is -2.42. The van der Waals surface area contributed by atoms with Gasteiger partial charge in [-0.25, -0.2) is 13.1 Å². The van der Waals surface area contributed by atoms with Crippen LogP contribution in [0.5, 0.6) is 0 Å². The van der Waals surface area contributed by atoms with Crippen molar-refractivity contribution in [3.8, 4) is 0 Å². The highest BCUT2D eigenvalue weighted by molar-refractivity contribution is 7.89. The summed E-state index contributed by atoms with van der Waals surface area (Å²) in [5.41, 5.74) is 1.89. The highest BCUT2D eigenvalue weighted by atomic mass is 35.5. The first kappa shape index (κ1) is 25.2. The van der Waals surface area contributed by atoms with Crippen molar-refractivity contribution in [3.63, 3.8) is 0 Å². The van der Waals surface area contributed by atoms with Crippen LogP contribution in [0.4, 0.5) is 5.69 Å². The molecule has 7 nitrogen and oxygen atoms in total. The zero-order valence-electron chi connectivity index (χ0n) is 18.6. The van der Waals surface area contributed by atoms with Crippen molar-refractivity contribution in [2.45, 2.75) is 43.9 Å². The number of sulfonamides is 1. The number of carbonyl (C=O) groups is 2. The van der Waals surface area contributed by atoms with Gasteiger partial charge >= 0.3 is 0 Å². The standard InChI is InChI=1S/C24H30ClN3O4S/c1-2-17-5-11-21(12-6-17)28-23(29)16-26-24(30)19-7-3-18(4-8-19)15-27-33(31,32)22-13-9-20(25)10-14-22/h5-6,9-14,18-19,27H,2-4,7-8,15-16H2,1H3,(H,26,30)(H,28,29). The number of benzene rings is 2. The first-order valence-electron chi connectivity index (χ1n) is 11.2. The molecule has 1 saturated carbocycles. The zero-order valence-corrected chi connectivity index (χ0v) is 20.2. The maximum Gasteiger partial charge on any atom is 0.243 e. The lowest BCUT2D eigenvalue weighted by Crippen LogP contribution is -2.39. The summed E-state index contributed by atoms with van der Waals surface area (Å²) in [7, 11) is -3.59. The Bertz CT molecular complexity index is 1050. The summed E-state index contributed by atoms with van der Waals surface area (Å²) in [6.07, 6.45) is 3.76. The van der Waals surface area contributed by atoms with Gasteiger partial charge in [-0.05, 0) is 80.0 Å². The number of carbonyl (C=O) groups excluding carboxylic acids is 2. The predicted molar refractivity (Wildman–Crippen MR) is 130 cm³/mol. The lowest BCUT2D eigenvalue weighted by molar-refractivity contribution is -0.128. The maximum atomic E-state index is 12.5. The normalized spacial score (nSPS) is 18.5. The molecule has 3 N–H and O–H groups in total. The summed E-state index contributed by atoms with van der Waals surface area (Å²) < 4.78 is 27.5. The Morgan fingerprint density at radius 3 is 2.21 bits per heavy atom. The minimum atomic E-state index is -3.59. The number of hydrogen-bond acceptors (Lipinski definition) is 4. The SMILES string of the molecule is CCc1ccc(NC(=O)CNC(=O)C2CCC(CNS(=O)(=O)c3ccc(Cl)cc3)CC2)cc1. The van der Waals surface area contributed by atoms with Crippen LogP contribution in [0.25, 0.3) is 0 Å². The van der Waals surface area contributed by atoms with Crippen LogP contribution in [0.3, 0.4) is 0 Å². The molecule has 1 aliphatic rings. The molecule has 33 heavy (non-hydrogen) atoms. The minimum absolute atomic E-state index is 0.0742. The molecule has 0 aromatic heterocycles. The summed E-state index contributed by atoms with van der Waals surface area (Å²) >= 11 is 5.82. The van der Waals surface area contributed by atoms with E-state index in [2.05, 4.69) is 22.3 Å². The maximum absolute atomic E-state index is 12.5. The van der Waals surface area contributed by atoms with Gasteiger partial charge in [0.1, 0.15) is 0 Å². The molecule has 2 aromatic carbocycles. The average molecular weight is 492 g/mol. The van der Waals surface area contributed by atoms with Crippen molar-refractivity contribution in [2.75, 3.05) is 18.4 Å². The van der Waals surface area contributed by atoms with Crippen molar-refractivity contribution in [2.24, 2.45) is 11.8 Å². The molecule has 0 spiro atoms. The monoisotopic (exact) mass is 491 g/mol. The first-order chi connectivity index (χ1) is 15.8.